The summed E-state index contributed by atoms with van der Waals surface area (Å²) in [5, 5.41) is 0. The minimum atomic E-state index is -0.682. The molecule has 1 rings (SSSR count). The minimum Gasteiger partial charge on any atom is -0.211 e. The number of hydrogen-bond acceptors (Lipinski definition) is 2. The van der Waals surface area contributed by atoms with Crippen LogP contribution in [0.4, 0.5) is 8.78 Å². The molecule has 0 bridgehead atoms. The average Bonchev–Trinajstić information content (AvgIpc) is 2.17. The Morgan fingerprint density at radius 3 is 2.50 bits per heavy atom. The van der Waals surface area contributed by atoms with Crippen LogP contribution >= 0.6 is 0 Å². The molecule has 0 radical (unpaired) electrons. The van der Waals surface area contributed by atoms with E-state index >= 15 is 0 Å². The van der Waals surface area contributed by atoms with E-state index < -0.39 is 11.6 Å². The minimum absolute atomic E-state index is 0.0946. The van der Waals surface area contributed by atoms with E-state index in [-0.39, 0.29) is 12.1 Å². The molecular formula is C10H9F2NO. The second-order valence-corrected chi connectivity index (χ2v) is 2.80. The Morgan fingerprint density at radius 2 is 1.93 bits per heavy atom. The first-order chi connectivity index (χ1) is 6.69. The Kier molecular flexibility index (Phi) is 3.48. The van der Waals surface area contributed by atoms with Gasteiger partial charge in [0.2, 0.25) is 6.08 Å². The molecule has 0 amide bonds. The van der Waals surface area contributed by atoms with E-state index in [1.54, 1.807) is 6.92 Å². The van der Waals surface area contributed by atoms with E-state index in [1.807, 2.05) is 0 Å². The molecule has 0 aliphatic rings. The first-order valence-electron chi connectivity index (χ1n) is 4.19. The van der Waals surface area contributed by atoms with Crippen LogP contribution < -0.4 is 0 Å². The van der Waals surface area contributed by atoms with Gasteiger partial charge >= 0.3 is 0 Å². The van der Waals surface area contributed by atoms with Crippen LogP contribution in [0.25, 0.3) is 0 Å². The van der Waals surface area contributed by atoms with Crippen molar-refractivity contribution in [3.63, 3.8) is 0 Å². The summed E-state index contributed by atoms with van der Waals surface area (Å²) in [7, 11) is 0. The van der Waals surface area contributed by atoms with Crippen LogP contribution in [0.2, 0.25) is 0 Å². The molecular weight excluding hydrogens is 188 g/mol. The van der Waals surface area contributed by atoms with E-state index in [0.717, 1.165) is 6.07 Å². The highest BCUT2D eigenvalue weighted by Gasteiger charge is 2.07. The Hall–Kier alpha value is -1.54. The van der Waals surface area contributed by atoms with Crippen LogP contribution in [0.3, 0.4) is 0 Å². The number of rotatable bonds is 3. The van der Waals surface area contributed by atoms with E-state index in [9.17, 15) is 13.6 Å². The van der Waals surface area contributed by atoms with Crippen LogP contribution in [0.5, 0.6) is 0 Å². The van der Waals surface area contributed by atoms with Crippen molar-refractivity contribution < 1.29 is 13.6 Å². The third kappa shape index (κ3) is 2.24. The second-order valence-electron chi connectivity index (χ2n) is 2.80. The molecule has 4 heteroatoms. The summed E-state index contributed by atoms with van der Waals surface area (Å²) in [6, 6.07) is 2.19. The molecule has 1 aromatic carbocycles. The number of nitrogens with zero attached hydrogens (tertiary/aromatic N) is 1. The Morgan fingerprint density at radius 1 is 1.29 bits per heavy atom. The second kappa shape index (κ2) is 4.63. The zero-order valence-corrected chi connectivity index (χ0v) is 7.68. The summed E-state index contributed by atoms with van der Waals surface area (Å²) in [5.41, 5.74) is 0.633. The van der Waals surface area contributed by atoms with Crippen molar-refractivity contribution in [2.24, 2.45) is 4.99 Å². The van der Waals surface area contributed by atoms with E-state index in [4.69, 9.17) is 0 Å². The van der Waals surface area contributed by atoms with E-state index in [0.29, 0.717) is 12.0 Å². The van der Waals surface area contributed by atoms with Crippen LogP contribution in [-0.2, 0) is 17.8 Å². The van der Waals surface area contributed by atoms with Gasteiger partial charge in [0.15, 0.2) is 0 Å². The molecule has 0 atom stereocenters. The highest BCUT2D eigenvalue weighted by molar-refractivity contribution is 5.34. The summed E-state index contributed by atoms with van der Waals surface area (Å²) >= 11 is 0. The fourth-order valence-electron chi connectivity index (χ4n) is 1.15. The van der Waals surface area contributed by atoms with Gasteiger partial charge in [-0.15, -0.1) is 0 Å². The third-order valence-electron chi connectivity index (χ3n) is 1.91. The molecule has 0 heterocycles. The van der Waals surface area contributed by atoms with Crippen molar-refractivity contribution in [3.8, 4) is 0 Å². The number of isocyanates is 1. The van der Waals surface area contributed by atoms with Crippen LogP contribution in [-0.4, -0.2) is 6.08 Å². The lowest BCUT2D eigenvalue weighted by molar-refractivity contribution is 0.557. The molecule has 0 saturated heterocycles. The van der Waals surface area contributed by atoms with Crippen LogP contribution in [0.15, 0.2) is 17.1 Å². The quantitative estimate of drug-likeness (QED) is 0.540. The zero-order chi connectivity index (χ0) is 10.6. The molecule has 0 aliphatic carbocycles. The number of aryl methyl sites for hydroxylation is 1. The molecule has 0 aliphatic heterocycles. The monoisotopic (exact) mass is 197 g/mol. The topological polar surface area (TPSA) is 29.4 Å². The Labute approximate surface area is 80.3 Å². The molecule has 2 nitrogen and oxygen atoms in total. The number of hydrogen-bond donors (Lipinski definition) is 0. The molecule has 74 valence electrons. The van der Waals surface area contributed by atoms with Gasteiger partial charge in [0.1, 0.15) is 11.6 Å². The molecule has 0 unspecified atom stereocenters. The van der Waals surface area contributed by atoms with Gasteiger partial charge in [-0.05, 0) is 18.1 Å². The highest BCUT2D eigenvalue weighted by Crippen LogP contribution is 2.16. The fourth-order valence-corrected chi connectivity index (χ4v) is 1.15. The predicted octanol–water partition coefficient (Wildman–Crippen LogP) is 2.36. The summed E-state index contributed by atoms with van der Waals surface area (Å²) < 4.78 is 26.1. The third-order valence-corrected chi connectivity index (χ3v) is 1.91. The normalized spacial score (nSPS) is 9.64. The first kappa shape index (κ1) is 10.5. The van der Waals surface area contributed by atoms with Gasteiger partial charge in [0.05, 0.1) is 6.54 Å². The van der Waals surface area contributed by atoms with Gasteiger partial charge in [-0.3, -0.25) is 0 Å². The van der Waals surface area contributed by atoms with Gasteiger partial charge in [0, 0.05) is 11.6 Å². The number of aliphatic imine (C=N–C) groups is 1. The molecule has 0 aromatic heterocycles. The van der Waals surface area contributed by atoms with Gasteiger partial charge < -0.3 is 0 Å². The lowest BCUT2D eigenvalue weighted by atomic mass is 10.1. The summed E-state index contributed by atoms with van der Waals surface area (Å²) in [6.45, 7) is 1.67. The maximum atomic E-state index is 13.1. The fraction of sp³-hybridized carbons (Fsp3) is 0.300. The standard InChI is InChI=1S/C10H9F2NO/c1-2-7-3-8(5-13-6-14)10(12)4-9(7)11/h3-4H,2,5H2,1H3. The van der Waals surface area contributed by atoms with Crippen LogP contribution in [0.1, 0.15) is 18.1 Å². The maximum Gasteiger partial charge on any atom is 0.235 e. The predicted molar refractivity (Wildman–Crippen MR) is 47.6 cm³/mol. The van der Waals surface area contributed by atoms with E-state index in [2.05, 4.69) is 4.99 Å². The maximum absolute atomic E-state index is 13.1. The van der Waals surface area contributed by atoms with Crippen molar-refractivity contribution in [1.82, 2.24) is 0 Å². The van der Waals surface area contributed by atoms with Crippen molar-refractivity contribution in [2.45, 2.75) is 19.9 Å². The lowest BCUT2D eigenvalue weighted by Crippen LogP contribution is -1.95. The molecule has 0 fully saturated rings. The number of carbonyl (C=O) groups excluding carboxylic acids is 1. The molecule has 0 N–H and O–H groups in total. The van der Waals surface area contributed by atoms with Gasteiger partial charge in [-0.25, -0.2) is 18.6 Å². The van der Waals surface area contributed by atoms with E-state index in [1.165, 1.54) is 12.1 Å². The largest absolute Gasteiger partial charge is 0.235 e. The van der Waals surface area contributed by atoms with Gasteiger partial charge in [0.25, 0.3) is 0 Å². The number of benzene rings is 1. The molecule has 1 aromatic rings. The van der Waals surface area contributed by atoms with Crippen molar-refractivity contribution in [1.29, 1.82) is 0 Å². The van der Waals surface area contributed by atoms with Gasteiger partial charge in [-0.2, -0.15) is 0 Å². The number of halogens is 2. The Bertz CT molecular complexity index is 384. The van der Waals surface area contributed by atoms with Crippen molar-refractivity contribution in [3.05, 3.63) is 34.9 Å². The smallest absolute Gasteiger partial charge is 0.211 e. The average molecular weight is 197 g/mol. The molecule has 14 heavy (non-hydrogen) atoms. The zero-order valence-electron chi connectivity index (χ0n) is 7.68. The summed E-state index contributed by atoms with van der Waals surface area (Å²) in [5.74, 6) is -1.25. The van der Waals surface area contributed by atoms with Crippen LogP contribution in [0, 0.1) is 11.6 Å². The molecule has 0 saturated carbocycles. The Balaban J connectivity index is 3.10. The lowest BCUT2D eigenvalue weighted by Gasteiger charge is -2.03. The summed E-state index contributed by atoms with van der Waals surface area (Å²) in [4.78, 5) is 13.1. The van der Waals surface area contributed by atoms with Crippen molar-refractivity contribution >= 4 is 6.08 Å². The van der Waals surface area contributed by atoms with Crippen molar-refractivity contribution in [2.75, 3.05) is 0 Å². The molecule has 0 spiro atoms. The highest BCUT2D eigenvalue weighted by atomic mass is 19.1. The first-order valence-corrected chi connectivity index (χ1v) is 4.19. The SMILES string of the molecule is CCc1cc(CN=C=O)c(F)cc1F. The van der Waals surface area contributed by atoms with Gasteiger partial charge in [-0.1, -0.05) is 6.92 Å². The summed E-state index contributed by atoms with van der Waals surface area (Å²) in [6.07, 6.45) is 1.79.